The van der Waals surface area contributed by atoms with E-state index in [0.717, 1.165) is 36.9 Å². The summed E-state index contributed by atoms with van der Waals surface area (Å²) in [5.41, 5.74) is 18.0. The van der Waals surface area contributed by atoms with Crippen LogP contribution in [0.25, 0.3) is 40.4 Å². The van der Waals surface area contributed by atoms with Crippen LogP contribution < -0.4 is 11.5 Å². The van der Waals surface area contributed by atoms with Crippen LogP contribution in [0.15, 0.2) is 72.8 Å². The van der Waals surface area contributed by atoms with Crippen molar-refractivity contribution in [3.8, 4) is 40.4 Å². The van der Waals surface area contributed by atoms with Gasteiger partial charge in [0.2, 0.25) is 0 Å². The van der Waals surface area contributed by atoms with Gasteiger partial charge in [-0.1, -0.05) is 48.5 Å². The lowest BCUT2D eigenvalue weighted by atomic mass is 10.1. The van der Waals surface area contributed by atoms with E-state index in [1.807, 2.05) is 18.2 Å². The average molecular weight is 531 g/mol. The molecule has 0 atom stereocenters. The molecule has 0 unspecified atom stereocenters. The summed E-state index contributed by atoms with van der Waals surface area (Å²) in [7, 11) is 0. The molecule has 0 aliphatic heterocycles. The highest BCUT2D eigenvalue weighted by atomic mass is 32.1. The molecule has 5 rings (SSSR count). The molecular weight excluding hydrogens is 505 g/mol. The average Bonchev–Trinajstić information content (AvgIpc) is 3.62. The molecule has 0 saturated carbocycles. The molecule has 0 amide bonds. The Hall–Kier alpha value is -3.07. The number of carboxylic acids is 1. The lowest BCUT2D eigenvalue weighted by molar-refractivity contribution is -0.136. The zero-order valence-corrected chi connectivity index (χ0v) is 22.2. The third-order valence-electron chi connectivity index (χ3n) is 6.07. The van der Waals surface area contributed by atoms with Crippen LogP contribution in [0.5, 0.6) is 0 Å². The number of aryl methyl sites for hydroxylation is 1. The van der Waals surface area contributed by atoms with E-state index in [9.17, 15) is 9.90 Å². The molecular formula is C29H26N2O2S3. The Morgan fingerprint density at radius 2 is 1.19 bits per heavy atom. The van der Waals surface area contributed by atoms with Gasteiger partial charge in [0.15, 0.2) is 0 Å². The van der Waals surface area contributed by atoms with Gasteiger partial charge < -0.3 is 16.6 Å². The van der Waals surface area contributed by atoms with Crippen molar-refractivity contribution in [1.29, 1.82) is 0 Å². The van der Waals surface area contributed by atoms with Gasteiger partial charge in [-0.05, 0) is 64.6 Å². The smallest absolute Gasteiger partial charge is 0.307 e. The van der Waals surface area contributed by atoms with Crippen molar-refractivity contribution in [1.82, 2.24) is 0 Å². The molecule has 0 aliphatic carbocycles. The van der Waals surface area contributed by atoms with Gasteiger partial charge in [-0.2, -0.15) is 0 Å². The molecule has 182 valence electrons. The Morgan fingerprint density at radius 3 is 1.72 bits per heavy atom. The summed E-state index contributed by atoms with van der Waals surface area (Å²) in [6.45, 7) is 3.19. The predicted molar refractivity (Wildman–Crippen MR) is 154 cm³/mol. The van der Waals surface area contributed by atoms with E-state index in [2.05, 4.69) is 61.5 Å². The van der Waals surface area contributed by atoms with Gasteiger partial charge in [0.25, 0.3) is 0 Å². The van der Waals surface area contributed by atoms with Gasteiger partial charge in [-0.3, -0.25) is 4.79 Å². The molecule has 0 spiro atoms. The number of rotatable bonds is 8. The standard InChI is InChI=1S/C29H26N2O2S3/c1-17-12-25(20-6-2-18(15-30)3-7-20)35-28(17)23-10-11-24(34-23)29-22(14-27(32)33)13-26(36-29)21-8-4-19(16-31)5-9-21/h2-13H,14-16,30-31H2,1H3,(H,32,33). The number of carbonyl (C=O) groups is 1. The van der Waals surface area contributed by atoms with E-state index in [-0.39, 0.29) is 6.42 Å². The van der Waals surface area contributed by atoms with Crippen molar-refractivity contribution in [3.05, 3.63) is 95.1 Å². The van der Waals surface area contributed by atoms with Gasteiger partial charge >= 0.3 is 5.97 Å². The van der Waals surface area contributed by atoms with Crippen molar-refractivity contribution in [2.75, 3.05) is 0 Å². The Kier molecular flexibility index (Phi) is 7.18. The Balaban J connectivity index is 1.49. The molecule has 0 saturated heterocycles. The number of nitrogens with two attached hydrogens (primary N) is 2. The predicted octanol–water partition coefficient (Wildman–Crippen LogP) is 7.39. The minimum Gasteiger partial charge on any atom is -0.481 e. The second-order valence-electron chi connectivity index (χ2n) is 8.62. The van der Waals surface area contributed by atoms with Gasteiger partial charge in [-0.25, -0.2) is 0 Å². The van der Waals surface area contributed by atoms with Crippen LogP contribution in [0, 0.1) is 6.92 Å². The van der Waals surface area contributed by atoms with E-state index in [1.165, 1.54) is 25.8 Å². The second kappa shape index (κ2) is 10.5. The Labute approximate surface area is 222 Å². The van der Waals surface area contributed by atoms with Gasteiger partial charge in [0.1, 0.15) is 0 Å². The molecule has 0 aliphatic rings. The first-order valence-corrected chi connectivity index (χ1v) is 14.0. The van der Waals surface area contributed by atoms with Crippen molar-refractivity contribution < 1.29 is 9.90 Å². The van der Waals surface area contributed by atoms with Gasteiger partial charge in [0, 0.05) is 42.4 Å². The maximum absolute atomic E-state index is 11.6. The molecule has 5 N–H and O–H groups in total. The number of hydrogen-bond acceptors (Lipinski definition) is 6. The van der Waals surface area contributed by atoms with Crippen LogP contribution in [0.4, 0.5) is 0 Å². The summed E-state index contributed by atoms with van der Waals surface area (Å²) in [5, 5.41) is 9.54. The third-order valence-corrected chi connectivity index (χ3v) is 10.0. The Morgan fingerprint density at radius 1 is 0.694 bits per heavy atom. The van der Waals surface area contributed by atoms with Crippen molar-refractivity contribution >= 4 is 40.0 Å². The maximum atomic E-state index is 11.6. The van der Waals surface area contributed by atoms with E-state index < -0.39 is 5.97 Å². The van der Waals surface area contributed by atoms with Crippen LogP contribution >= 0.6 is 34.0 Å². The van der Waals surface area contributed by atoms with Crippen LogP contribution in [0.1, 0.15) is 22.3 Å². The second-order valence-corrected chi connectivity index (χ2v) is 11.8. The van der Waals surface area contributed by atoms with E-state index in [4.69, 9.17) is 11.5 Å². The van der Waals surface area contributed by atoms with E-state index in [1.54, 1.807) is 34.0 Å². The Bertz CT molecular complexity index is 1510. The largest absolute Gasteiger partial charge is 0.481 e. The van der Waals surface area contributed by atoms with Crippen molar-refractivity contribution in [2.45, 2.75) is 26.4 Å². The molecule has 3 heterocycles. The first-order valence-electron chi connectivity index (χ1n) is 11.6. The molecule has 3 aromatic heterocycles. The number of benzene rings is 2. The first kappa shape index (κ1) is 24.6. The van der Waals surface area contributed by atoms with Crippen LogP contribution in [-0.2, 0) is 24.3 Å². The fourth-order valence-corrected chi connectivity index (χ4v) is 7.83. The highest BCUT2D eigenvalue weighted by Crippen LogP contribution is 2.46. The van der Waals surface area contributed by atoms with E-state index in [0.29, 0.717) is 13.1 Å². The van der Waals surface area contributed by atoms with Crippen LogP contribution in [0.2, 0.25) is 0 Å². The lowest BCUT2D eigenvalue weighted by Crippen LogP contribution is -1.99. The normalized spacial score (nSPS) is 11.2. The summed E-state index contributed by atoms with van der Waals surface area (Å²) in [5.74, 6) is -0.824. The minimum atomic E-state index is -0.824. The number of aliphatic carboxylic acids is 1. The zero-order chi connectivity index (χ0) is 25.2. The summed E-state index contributed by atoms with van der Waals surface area (Å²) in [4.78, 5) is 18.5. The SMILES string of the molecule is Cc1cc(-c2ccc(CN)cc2)sc1-c1ccc(-c2sc(-c3ccc(CN)cc3)cc2CC(=O)O)s1. The third kappa shape index (κ3) is 5.07. The van der Waals surface area contributed by atoms with Crippen molar-refractivity contribution in [3.63, 3.8) is 0 Å². The van der Waals surface area contributed by atoms with Gasteiger partial charge in [-0.15, -0.1) is 34.0 Å². The highest BCUT2D eigenvalue weighted by molar-refractivity contribution is 7.28. The number of thiophene rings is 3. The fraction of sp³-hybridized carbons (Fsp3) is 0.138. The topological polar surface area (TPSA) is 89.3 Å². The summed E-state index contributed by atoms with van der Waals surface area (Å²) < 4.78 is 0. The van der Waals surface area contributed by atoms with Crippen LogP contribution in [0.3, 0.4) is 0 Å². The lowest BCUT2D eigenvalue weighted by Gasteiger charge is -2.00. The fourth-order valence-electron chi connectivity index (χ4n) is 4.13. The summed E-state index contributed by atoms with van der Waals surface area (Å²) in [6, 6.07) is 25.1. The van der Waals surface area contributed by atoms with Crippen molar-refractivity contribution in [2.24, 2.45) is 11.5 Å². The quantitative estimate of drug-likeness (QED) is 0.195. The van der Waals surface area contributed by atoms with E-state index >= 15 is 0 Å². The summed E-state index contributed by atoms with van der Waals surface area (Å²) >= 11 is 5.15. The molecule has 0 fully saturated rings. The first-order chi connectivity index (χ1) is 17.4. The van der Waals surface area contributed by atoms with Gasteiger partial charge in [0.05, 0.1) is 6.42 Å². The molecule has 7 heteroatoms. The number of carboxylic acid groups (broad SMARTS) is 1. The summed E-state index contributed by atoms with van der Waals surface area (Å²) in [6.07, 6.45) is 0.000916. The minimum absolute atomic E-state index is 0.000916. The molecule has 0 radical (unpaired) electrons. The monoisotopic (exact) mass is 530 g/mol. The molecule has 36 heavy (non-hydrogen) atoms. The molecule has 0 bridgehead atoms. The molecule has 4 nitrogen and oxygen atoms in total. The molecule has 2 aromatic carbocycles. The zero-order valence-electron chi connectivity index (χ0n) is 19.8. The number of hydrogen-bond donors (Lipinski definition) is 3. The maximum Gasteiger partial charge on any atom is 0.307 e. The highest BCUT2D eigenvalue weighted by Gasteiger charge is 2.18. The molecule has 5 aromatic rings. The van der Waals surface area contributed by atoms with Crippen LogP contribution in [-0.4, -0.2) is 11.1 Å².